The molecule has 0 spiro atoms. The first-order valence-corrected chi connectivity index (χ1v) is 6.07. The Balaban J connectivity index is 1.90. The molecule has 2 rings (SSSR count). The van der Waals surface area contributed by atoms with Crippen LogP contribution in [0.3, 0.4) is 0 Å². The van der Waals surface area contributed by atoms with Crippen LogP contribution in [0.1, 0.15) is 18.2 Å². The zero-order valence-corrected chi connectivity index (χ0v) is 10.5. The quantitative estimate of drug-likeness (QED) is 0.843. The van der Waals surface area contributed by atoms with Crippen LogP contribution in [0, 0.1) is 0 Å². The van der Waals surface area contributed by atoms with Crippen molar-refractivity contribution in [1.29, 1.82) is 0 Å². The predicted octanol–water partition coefficient (Wildman–Crippen LogP) is 2.08. The lowest BCUT2D eigenvalue weighted by Gasteiger charge is -2.24. The predicted molar refractivity (Wildman–Crippen MR) is 72.0 cm³/mol. The summed E-state index contributed by atoms with van der Waals surface area (Å²) in [5.41, 5.74) is 1.02. The first kappa shape index (κ1) is 12.7. The average molecular weight is 242 g/mol. The van der Waals surface area contributed by atoms with E-state index >= 15 is 0 Å². The summed E-state index contributed by atoms with van der Waals surface area (Å²) < 4.78 is 0. The van der Waals surface area contributed by atoms with Gasteiger partial charge in [0.25, 0.3) is 0 Å². The van der Waals surface area contributed by atoms with Crippen molar-refractivity contribution < 1.29 is 5.11 Å². The summed E-state index contributed by atoms with van der Waals surface area (Å²) in [6.07, 6.45) is 1.77. The second-order valence-electron chi connectivity index (χ2n) is 4.56. The number of hydrogen-bond donors (Lipinski definition) is 2. The van der Waals surface area contributed by atoms with Crippen molar-refractivity contribution in [3.8, 4) is 0 Å². The fraction of sp³-hybridized carbons (Fsp3) is 0.267. The smallest absolute Gasteiger partial charge is 0.0992 e. The Morgan fingerprint density at radius 1 is 1.11 bits per heavy atom. The lowest BCUT2D eigenvalue weighted by Crippen LogP contribution is -2.35. The topological polar surface area (TPSA) is 45.1 Å². The maximum Gasteiger partial charge on any atom is 0.0992 e. The van der Waals surface area contributed by atoms with Crippen molar-refractivity contribution in [1.82, 2.24) is 10.3 Å². The van der Waals surface area contributed by atoms with Gasteiger partial charge in [-0.2, -0.15) is 0 Å². The Morgan fingerprint density at radius 2 is 1.83 bits per heavy atom. The summed E-state index contributed by atoms with van der Waals surface area (Å²) >= 11 is 0. The number of aliphatic hydroxyl groups is 1. The molecule has 1 aromatic heterocycles. The lowest BCUT2D eigenvalue weighted by molar-refractivity contribution is 0.0566. The van der Waals surface area contributed by atoms with Gasteiger partial charge in [0.1, 0.15) is 0 Å². The van der Waals surface area contributed by atoms with Crippen LogP contribution in [-0.4, -0.2) is 16.6 Å². The zero-order valence-electron chi connectivity index (χ0n) is 10.5. The summed E-state index contributed by atoms with van der Waals surface area (Å²) in [4.78, 5) is 4.23. The molecule has 0 bridgehead atoms. The third kappa shape index (κ3) is 3.39. The highest BCUT2D eigenvalue weighted by Crippen LogP contribution is 2.18. The maximum absolute atomic E-state index is 10.4. The minimum absolute atomic E-state index is 0.494. The molecule has 0 radical (unpaired) electrons. The molecule has 0 amide bonds. The van der Waals surface area contributed by atoms with E-state index in [2.05, 4.69) is 10.3 Å². The van der Waals surface area contributed by atoms with Gasteiger partial charge in [0.05, 0.1) is 11.3 Å². The van der Waals surface area contributed by atoms with Crippen molar-refractivity contribution in [2.45, 2.75) is 19.1 Å². The minimum atomic E-state index is -0.865. The molecular weight excluding hydrogens is 224 g/mol. The number of nitrogens with zero attached hydrogens (tertiary/aromatic N) is 1. The Kier molecular flexibility index (Phi) is 4.07. The third-order valence-electron chi connectivity index (χ3n) is 2.90. The number of hydrogen-bond acceptors (Lipinski definition) is 3. The van der Waals surface area contributed by atoms with Crippen LogP contribution in [0.4, 0.5) is 0 Å². The van der Waals surface area contributed by atoms with E-state index in [0.29, 0.717) is 13.1 Å². The van der Waals surface area contributed by atoms with E-state index in [1.807, 2.05) is 55.5 Å². The first-order chi connectivity index (χ1) is 8.68. The molecule has 1 unspecified atom stereocenters. The second kappa shape index (κ2) is 5.76. The molecule has 18 heavy (non-hydrogen) atoms. The van der Waals surface area contributed by atoms with Crippen molar-refractivity contribution in [3.05, 3.63) is 66.0 Å². The zero-order chi connectivity index (χ0) is 12.8. The highest BCUT2D eigenvalue weighted by Gasteiger charge is 2.21. The summed E-state index contributed by atoms with van der Waals surface area (Å²) in [6, 6.07) is 15.5. The minimum Gasteiger partial charge on any atom is -0.384 e. The molecule has 0 aliphatic heterocycles. The first-order valence-electron chi connectivity index (χ1n) is 6.07. The Hall–Kier alpha value is -1.71. The summed E-state index contributed by atoms with van der Waals surface area (Å²) in [5.74, 6) is 0. The van der Waals surface area contributed by atoms with Gasteiger partial charge in [-0.3, -0.25) is 4.98 Å². The van der Waals surface area contributed by atoms with Gasteiger partial charge in [-0.1, -0.05) is 36.4 Å². The van der Waals surface area contributed by atoms with Crippen molar-refractivity contribution in [3.63, 3.8) is 0 Å². The Labute approximate surface area is 108 Å². The Bertz CT molecular complexity index is 468. The van der Waals surface area contributed by atoms with Crippen LogP contribution >= 0.6 is 0 Å². The number of nitrogens with one attached hydrogen (secondary N) is 1. The van der Waals surface area contributed by atoms with Gasteiger partial charge in [0, 0.05) is 19.3 Å². The van der Waals surface area contributed by atoms with Crippen LogP contribution in [0.5, 0.6) is 0 Å². The standard InChI is InChI=1S/C15H18N2O/c1-15(18,13-7-3-2-4-8-13)12-16-11-14-9-5-6-10-17-14/h2-10,16,18H,11-12H2,1H3. The van der Waals surface area contributed by atoms with Gasteiger partial charge in [-0.25, -0.2) is 0 Å². The molecule has 3 heteroatoms. The van der Waals surface area contributed by atoms with Gasteiger partial charge in [0.15, 0.2) is 0 Å². The van der Waals surface area contributed by atoms with Gasteiger partial charge >= 0.3 is 0 Å². The summed E-state index contributed by atoms with van der Waals surface area (Å²) in [5, 5.41) is 13.6. The van der Waals surface area contributed by atoms with Crippen molar-refractivity contribution in [2.24, 2.45) is 0 Å². The number of rotatable bonds is 5. The number of pyridine rings is 1. The highest BCUT2D eigenvalue weighted by molar-refractivity contribution is 5.21. The second-order valence-corrected chi connectivity index (χ2v) is 4.56. The molecule has 94 valence electrons. The van der Waals surface area contributed by atoms with E-state index in [-0.39, 0.29) is 0 Å². The number of aromatic nitrogens is 1. The molecule has 1 atom stereocenters. The molecule has 0 saturated carbocycles. The van der Waals surface area contributed by atoms with Crippen LogP contribution < -0.4 is 5.32 Å². The largest absolute Gasteiger partial charge is 0.384 e. The molecule has 3 nitrogen and oxygen atoms in total. The van der Waals surface area contributed by atoms with E-state index in [1.165, 1.54) is 0 Å². The molecule has 1 aromatic carbocycles. The summed E-state index contributed by atoms with van der Waals surface area (Å²) in [7, 11) is 0. The van der Waals surface area contributed by atoms with Crippen LogP contribution in [0.2, 0.25) is 0 Å². The van der Waals surface area contributed by atoms with Gasteiger partial charge in [-0.15, -0.1) is 0 Å². The maximum atomic E-state index is 10.4. The average Bonchev–Trinajstić information content (AvgIpc) is 2.41. The normalized spacial score (nSPS) is 14.1. The van der Waals surface area contributed by atoms with E-state index < -0.39 is 5.60 Å². The van der Waals surface area contributed by atoms with Crippen LogP contribution in [0.15, 0.2) is 54.7 Å². The fourth-order valence-electron chi connectivity index (χ4n) is 1.84. The highest BCUT2D eigenvalue weighted by atomic mass is 16.3. The van der Waals surface area contributed by atoms with Gasteiger partial charge in [0.2, 0.25) is 0 Å². The molecule has 0 fully saturated rings. The van der Waals surface area contributed by atoms with E-state index in [4.69, 9.17) is 0 Å². The monoisotopic (exact) mass is 242 g/mol. The molecule has 0 aliphatic rings. The molecule has 1 heterocycles. The molecule has 0 aliphatic carbocycles. The van der Waals surface area contributed by atoms with E-state index in [9.17, 15) is 5.11 Å². The van der Waals surface area contributed by atoms with E-state index in [1.54, 1.807) is 6.20 Å². The van der Waals surface area contributed by atoms with Gasteiger partial charge < -0.3 is 10.4 Å². The number of benzene rings is 1. The van der Waals surface area contributed by atoms with Crippen molar-refractivity contribution in [2.75, 3.05) is 6.54 Å². The summed E-state index contributed by atoms with van der Waals surface area (Å²) in [6.45, 7) is 2.96. The van der Waals surface area contributed by atoms with E-state index in [0.717, 1.165) is 11.3 Å². The molecule has 2 aromatic rings. The fourth-order valence-corrected chi connectivity index (χ4v) is 1.84. The SMILES string of the molecule is CC(O)(CNCc1ccccn1)c1ccccc1. The molecule has 0 saturated heterocycles. The van der Waals surface area contributed by atoms with Crippen molar-refractivity contribution >= 4 is 0 Å². The third-order valence-corrected chi connectivity index (χ3v) is 2.90. The lowest BCUT2D eigenvalue weighted by atomic mass is 9.96. The van der Waals surface area contributed by atoms with Crippen LogP contribution in [0.25, 0.3) is 0 Å². The molecular formula is C15H18N2O. The Morgan fingerprint density at radius 3 is 2.50 bits per heavy atom. The van der Waals surface area contributed by atoms with Gasteiger partial charge in [-0.05, 0) is 24.6 Å². The molecule has 2 N–H and O–H groups in total. The van der Waals surface area contributed by atoms with Crippen LogP contribution in [-0.2, 0) is 12.1 Å².